The molecule has 2 N–H and O–H groups in total. The first-order valence-electron chi connectivity index (χ1n) is 6.89. The molecule has 0 bridgehead atoms. The van der Waals surface area contributed by atoms with Gasteiger partial charge in [0.05, 0.1) is 0 Å². The Bertz CT molecular complexity index is 423. The fraction of sp³-hybridized carbons (Fsp3) is 0.533. The molecule has 0 radical (unpaired) electrons. The van der Waals surface area contributed by atoms with Crippen LogP contribution in [0.4, 0.5) is 0 Å². The topological polar surface area (TPSA) is 36.4 Å². The Kier molecular flexibility index (Phi) is 3.22. The lowest BCUT2D eigenvalue weighted by molar-refractivity contribution is 0.720. The fourth-order valence-electron chi connectivity index (χ4n) is 2.33. The molecule has 2 fully saturated rings. The summed E-state index contributed by atoms with van der Waals surface area (Å²) in [7, 11) is 1.85. The lowest BCUT2D eigenvalue weighted by Gasteiger charge is -2.10. The highest BCUT2D eigenvalue weighted by Crippen LogP contribution is 2.33. The fourth-order valence-corrected chi connectivity index (χ4v) is 2.33. The van der Waals surface area contributed by atoms with Crippen molar-refractivity contribution in [3.8, 4) is 0 Å². The highest BCUT2D eigenvalue weighted by molar-refractivity contribution is 5.80. The maximum Gasteiger partial charge on any atom is 0.191 e. The van der Waals surface area contributed by atoms with E-state index < -0.39 is 0 Å². The molecule has 1 aromatic carbocycles. The summed E-state index contributed by atoms with van der Waals surface area (Å²) in [6.07, 6.45) is 5.02. The van der Waals surface area contributed by atoms with E-state index in [-0.39, 0.29) is 0 Å². The first-order chi connectivity index (χ1) is 8.85. The monoisotopic (exact) mass is 243 g/mol. The molecule has 0 aliphatic heterocycles. The second kappa shape index (κ2) is 5.01. The van der Waals surface area contributed by atoms with E-state index in [9.17, 15) is 0 Å². The molecule has 3 rings (SSSR count). The minimum atomic E-state index is 0.607. The number of guanidine groups is 1. The average molecular weight is 243 g/mol. The van der Waals surface area contributed by atoms with Crippen LogP contribution in [0.1, 0.15) is 24.8 Å². The van der Waals surface area contributed by atoms with Crippen LogP contribution in [-0.4, -0.2) is 25.1 Å². The molecule has 0 saturated heterocycles. The van der Waals surface area contributed by atoms with E-state index in [2.05, 4.69) is 46.0 Å². The molecule has 96 valence electrons. The van der Waals surface area contributed by atoms with Crippen molar-refractivity contribution in [2.24, 2.45) is 10.9 Å². The Balaban J connectivity index is 1.46. The molecule has 2 unspecified atom stereocenters. The summed E-state index contributed by atoms with van der Waals surface area (Å²) in [5.41, 5.74) is 1.44. The van der Waals surface area contributed by atoms with Gasteiger partial charge in [0.1, 0.15) is 0 Å². The lowest BCUT2D eigenvalue weighted by atomic mass is 10.1. The van der Waals surface area contributed by atoms with Crippen molar-refractivity contribution in [2.45, 2.75) is 37.8 Å². The van der Waals surface area contributed by atoms with E-state index in [1.807, 2.05) is 7.05 Å². The van der Waals surface area contributed by atoms with Crippen molar-refractivity contribution < 1.29 is 0 Å². The van der Waals surface area contributed by atoms with Crippen LogP contribution in [0.15, 0.2) is 35.3 Å². The second-order valence-electron chi connectivity index (χ2n) is 5.43. The lowest BCUT2D eigenvalue weighted by Crippen LogP contribution is -2.40. The zero-order valence-electron chi connectivity index (χ0n) is 10.9. The molecule has 18 heavy (non-hydrogen) atoms. The van der Waals surface area contributed by atoms with Gasteiger partial charge in [0, 0.05) is 19.1 Å². The van der Waals surface area contributed by atoms with Crippen molar-refractivity contribution in [3.63, 3.8) is 0 Å². The van der Waals surface area contributed by atoms with Crippen LogP contribution >= 0.6 is 0 Å². The molecule has 0 spiro atoms. The third-order valence-electron chi connectivity index (χ3n) is 3.73. The molecule has 2 atom stereocenters. The van der Waals surface area contributed by atoms with Crippen LogP contribution < -0.4 is 10.6 Å². The molecule has 1 aromatic rings. The van der Waals surface area contributed by atoms with Crippen molar-refractivity contribution in [2.75, 3.05) is 7.05 Å². The van der Waals surface area contributed by atoms with E-state index >= 15 is 0 Å². The Morgan fingerprint density at radius 1 is 1.22 bits per heavy atom. The highest BCUT2D eigenvalue weighted by atomic mass is 15.2. The third-order valence-corrected chi connectivity index (χ3v) is 3.73. The Hall–Kier alpha value is -1.51. The second-order valence-corrected chi connectivity index (χ2v) is 5.43. The normalized spacial score (nSPS) is 26.8. The molecule has 3 heteroatoms. The van der Waals surface area contributed by atoms with Gasteiger partial charge in [-0.2, -0.15) is 0 Å². The summed E-state index contributed by atoms with van der Waals surface area (Å²) >= 11 is 0. The third kappa shape index (κ3) is 3.03. The quantitative estimate of drug-likeness (QED) is 0.626. The maximum absolute atomic E-state index is 4.28. The molecule has 2 saturated carbocycles. The summed E-state index contributed by atoms with van der Waals surface area (Å²) in [5.74, 6) is 1.75. The van der Waals surface area contributed by atoms with Gasteiger partial charge < -0.3 is 10.6 Å². The number of nitrogens with one attached hydrogen (secondary N) is 2. The van der Waals surface area contributed by atoms with Crippen molar-refractivity contribution in [1.29, 1.82) is 0 Å². The van der Waals surface area contributed by atoms with Gasteiger partial charge >= 0.3 is 0 Å². The van der Waals surface area contributed by atoms with Gasteiger partial charge in [0.15, 0.2) is 5.96 Å². The van der Waals surface area contributed by atoms with Crippen LogP contribution in [0.2, 0.25) is 0 Å². The Morgan fingerprint density at radius 2 is 2.00 bits per heavy atom. The van der Waals surface area contributed by atoms with Gasteiger partial charge in [0.2, 0.25) is 0 Å². The van der Waals surface area contributed by atoms with E-state index in [1.165, 1.54) is 31.2 Å². The van der Waals surface area contributed by atoms with Crippen LogP contribution in [0.5, 0.6) is 0 Å². The summed E-state index contributed by atoms with van der Waals surface area (Å²) in [5, 5.41) is 6.96. The number of nitrogens with zero attached hydrogens (tertiary/aromatic N) is 1. The van der Waals surface area contributed by atoms with Crippen molar-refractivity contribution in [3.05, 3.63) is 35.9 Å². The van der Waals surface area contributed by atoms with E-state index in [1.54, 1.807) is 0 Å². The van der Waals surface area contributed by atoms with E-state index in [0.29, 0.717) is 12.1 Å². The molecule has 3 nitrogen and oxygen atoms in total. The first kappa shape index (κ1) is 11.6. The van der Waals surface area contributed by atoms with Crippen LogP contribution in [0.3, 0.4) is 0 Å². The minimum absolute atomic E-state index is 0.607. The number of hydrogen-bond acceptors (Lipinski definition) is 1. The van der Waals surface area contributed by atoms with Crippen molar-refractivity contribution >= 4 is 5.96 Å². The predicted octanol–water partition coefficient (Wildman–Crippen LogP) is 1.94. The molecule has 0 aromatic heterocycles. The van der Waals surface area contributed by atoms with Crippen LogP contribution in [0, 0.1) is 5.92 Å². The molecule has 2 aliphatic rings. The first-order valence-corrected chi connectivity index (χ1v) is 6.89. The van der Waals surface area contributed by atoms with Gasteiger partial charge in [0.25, 0.3) is 0 Å². The Labute approximate surface area is 109 Å². The highest BCUT2D eigenvalue weighted by Gasteiger charge is 2.38. The summed E-state index contributed by atoms with van der Waals surface area (Å²) in [4.78, 5) is 4.28. The average Bonchev–Trinajstić information content (AvgIpc) is 3.29. The standard InChI is InChI=1S/C15H21N3/c1-16-15(17-13-7-8-13)18-14-10-12(14)9-11-5-3-2-4-6-11/h2-6,12-14H,7-10H2,1H3,(H2,16,17,18). The molecule has 0 amide bonds. The molecular formula is C15H21N3. The van der Waals surface area contributed by atoms with Crippen LogP contribution in [0.25, 0.3) is 0 Å². The van der Waals surface area contributed by atoms with Gasteiger partial charge in [-0.05, 0) is 37.2 Å². The van der Waals surface area contributed by atoms with Gasteiger partial charge in [-0.15, -0.1) is 0 Å². The summed E-state index contributed by atoms with van der Waals surface area (Å²) in [6, 6.07) is 12.0. The molecule has 2 aliphatic carbocycles. The zero-order valence-corrected chi connectivity index (χ0v) is 10.9. The van der Waals surface area contributed by atoms with E-state index in [0.717, 1.165) is 11.9 Å². The summed E-state index contributed by atoms with van der Waals surface area (Å²) in [6.45, 7) is 0. The Morgan fingerprint density at radius 3 is 2.67 bits per heavy atom. The number of benzene rings is 1. The van der Waals surface area contributed by atoms with Gasteiger partial charge in [-0.25, -0.2) is 0 Å². The van der Waals surface area contributed by atoms with Gasteiger partial charge in [-0.3, -0.25) is 4.99 Å². The minimum Gasteiger partial charge on any atom is -0.354 e. The smallest absolute Gasteiger partial charge is 0.191 e. The maximum atomic E-state index is 4.28. The van der Waals surface area contributed by atoms with Crippen LogP contribution in [-0.2, 0) is 6.42 Å². The number of aliphatic imine (C=N–C) groups is 1. The zero-order chi connectivity index (χ0) is 12.4. The SMILES string of the molecule is CN=C(NC1CC1)NC1CC1Cc1ccccc1. The molecule has 0 heterocycles. The number of rotatable bonds is 4. The predicted molar refractivity (Wildman–Crippen MR) is 74.7 cm³/mol. The van der Waals surface area contributed by atoms with Gasteiger partial charge in [-0.1, -0.05) is 30.3 Å². The number of hydrogen-bond donors (Lipinski definition) is 2. The largest absolute Gasteiger partial charge is 0.354 e. The van der Waals surface area contributed by atoms with E-state index in [4.69, 9.17) is 0 Å². The van der Waals surface area contributed by atoms with Crippen molar-refractivity contribution in [1.82, 2.24) is 10.6 Å². The summed E-state index contributed by atoms with van der Waals surface area (Å²) < 4.78 is 0. The molecular weight excluding hydrogens is 222 g/mol.